The number of fused-ring (bicyclic) bond motifs is 1. The zero-order chi connectivity index (χ0) is 25.3. The molecule has 35 heavy (non-hydrogen) atoms. The van der Waals surface area contributed by atoms with Gasteiger partial charge in [-0.05, 0) is 56.5 Å². The number of alkyl halides is 3. The fraction of sp³-hybridized carbons (Fsp3) is 0.280. The van der Waals surface area contributed by atoms with E-state index >= 15 is 0 Å². The van der Waals surface area contributed by atoms with Crippen LogP contribution >= 0.6 is 11.8 Å². The second-order valence-electron chi connectivity index (χ2n) is 8.35. The molecule has 2 aromatic carbocycles. The van der Waals surface area contributed by atoms with Crippen molar-refractivity contribution in [3.8, 4) is 0 Å². The maximum atomic E-state index is 13.2. The van der Waals surface area contributed by atoms with Gasteiger partial charge in [-0.2, -0.15) is 18.2 Å². The van der Waals surface area contributed by atoms with E-state index in [-0.39, 0.29) is 11.4 Å². The summed E-state index contributed by atoms with van der Waals surface area (Å²) < 4.78 is 41.1. The van der Waals surface area contributed by atoms with E-state index in [1.807, 2.05) is 13.8 Å². The summed E-state index contributed by atoms with van der Waals surface area (Å²) in [5, 5.41) is 7.13. The van der Waals surface area contributed by atoms with Gasteiger partial charge in [-0.3, -0.25) is 4.79 Å². The third-order valence-corrected chi connectivity index (χ3v) is 6.58. The molecule has 10 heteroatoms. The number of nitrogens with one attached hydrogen (secondary N) is 1. The van der Waals surface area contributed by atoms with Crippen molar-refractivity contribution >= 4 is 29.1 Å². The Bertz CT molecular complexity index is 1410. The molecule has 0 saturated carbocycles. The van der Waals surface area contributed by atoms with Crippen LogP contribution in [-0.2, 0) is 17.4 Å². The molecule has 0 spiro atoms. The van der Waals surface area contributed by atoms with E-state index in [9.17, 15) is 18.0 Å². The normalized spacial score (nSPS) is 11.7. The largest absolute Gasteiger partial charge is 0.418 e. The lowest BCUT2D eigenvalue weighted by molar-refractivity contribution is -0.137. The molecule has 0 atom stereocenters. The molecule has 0 radical (unpaired) electrons. The maximum absolute atomic E-state index is 13.2. The number of carbonyl (C=O) groups is 1. The second-order valence-corrected chi connectivity index (χ2v) is 9.30. The summed E-state index contributed by atoms with van der Waals surface area (Å²) in [4.78, 5) is 21.3. The summed E-state index contributed by atoms with van der Waals surface area (Å²) in [5.41, 5.74) is 5.22. The summed E-state index contributed by atoms with van der Waals surface area (Å²) in [7, 11) is 0. The van der Waals surface area contributed by atoms with E-state index in [2.05, 4.69) is 52.4 Å². The van der Waals surface area contributed by atoms with Gasteiger partial charge in [0, 0.05) is 17.8 Å². The highest BCUT2D eigenvalue weighted by atomic mass is 32.2. The molecule has 0 saturated heterocycles. The molecule has 0 fully saturated rings. The first-order valence-corrected chi connectivity index (χ1v) is 11.9. The first-order valence-electron chi connectivity index (χ1n) is 10.9. The highest BCUT2D eigenvalue weighted by molar-refractivity contribution is 7.99. The number of rotatable bonds is 6. The predicted molar refractivity (Wildman–Crippen MR) is 130 cm³/mol. The molecule has 2 aromatic heterocycles. The Hall–Kier alpha value is -3.40. The van der Waals surface area contributed by atoms with Crippen molar-refractivity contribution in [2.45, 2.75) is 45.4 Å². The SMILES string of the molecule is Cc1ccc(C)c(Cc2c(C)nc3nc(SCC(=O)Nc4ccccc4C(F)(F)F)nn3c2C)c1. The zero-order valence-corrected chi connectivity index (χ0v) is 20.5. The number of thioether (sulfide) groups is 1. The lowest BCUT2D eigenvalue weighted by Crippen LogP contribution is -2.18. The van der Waals surface area contributed by atoms with E-state index in [4.69, 9.17) is 0 Å². The van der Waals surface area contributed by atoms with E-state index in [0.717, 1.165) is 34.8 Å². The minimum Gasteiger partial charge on any atom is -0.325 e. The fourth-order valence-corrected chi connectivity index (χ4v) is 4.46. The number of para-hydroxylation sites is 1. The number of carbonyl (C=O) groups excluding carboxylic acids is 1. The minimum atomic E-state index is -4.56. The molecule has 0 unspecified atom stereocenters. The highest BCUT2D eigenvalue weighted by Crippen LogP contribution is 2.34. The molecular formula is C25H24F3N5OS. The minimum absolute atomic E-state index is 0.142. The Morgan fingerprint density at radius 2 is 1.80 bits per heavy atom. The average molecular weight is 500 g/mol. The number of amides is 1. The lowest BCUT2D eigenvalue weighted by atomic mass is 9.97. The Kier molecular flexibility index (Phi) is 6.84. The molecule has 182 valence electrons. The molecule has 1 amide bonds. The highest BCUT2D eigenvalue weighted by Gasteiger charge is 2.33. The van der Waals surface area contributed by atoms with Crippen molar-refractivity contribution in [2.75, 3.05) is 11.1 Å². The molecule has 4 aromatic rings. The van der Waals surface area contributed by atoms with E-state index in [1.54, 1.807) is 4.52 Å². The van der Waals surface area contributed by atoms with Crippen molar-refractivity contribution in [3.63, 3.8) is 0 Å². The van der Waals surface area contributed by atoms with Gasteiger partial charge in [0.1, 0.15) is 0 Å². The summed E-state index contributed by atoms with van der Waals surface area (Å²) in [6.07, 6.45) is -3.85. The quantitative estimate of drug-likeness (QED) is 0.345. The van der Waals surface area contributed by atoms with Gasteiger partial charge < -0.3 is 5.32 Å². The molecule has 1 N–H and O–H groups in total. The summed E-state index contributed by atoms with van der Waals surface area (Å²) in [6, 6.07) is 11.2. The Balaban J connectivity index is 1.51. The van der Waals surface area contributed by atoms with E-state index in [0.29, 0.717) is 17.4 Å². The van der Waals surface area contributed by atoms with Crippen LogP contribution in [0.3, 0.4) is 0 Å². The number of benzene rings is 2. The number of aryl methyl sites for hydroxylation is 4. The standard InChI is InChI=1S/C25H24F3N5OS/c1-14-9-10-15(2)18(11-14)12-19-16(3)29-23-31-24(32-33(23)17(19)4)35-13-22(34)30-21-8-6-5-7-20(21)25(26,27)28/h5-11H,12-13H2,1-4H3,(H,30,34). The van der Waals surface area contributed by atoms with Crippen LogP contribution in [0.2, 0.25) is 0 Å². The molecule has 0 aliphatic heterocycles. The number of aromatic nitrogens is 4. The number of hydrogen-bond acceptors (Lipinski definition) is 5. The van der Waals surface area contributed by atoms with Gasteiger partial charge in [-0.1, -0.05) is 47.7 Å². The maximum Gasteiger partial charge on any atom is 0.418 e. The molecule has 2 heterocycles. The van der Waals surface area contributed by atoms with Gasteiger partial charge in [-0.15, -0.1) is 5.10 Å². The fourth-order valence-electron chi connectivity index (χ4n) is 3.84. The Morgan fingerprint density at radius 1 is 1.06 bits per heavy atom. The van der Waals surface area contributed by atoms with Gasteiger partial charge in [-0.25, -0.2) is 9.50 Å². The molecule has 6 nitrogen and oxygen atoms in total. The number of hydrogen-bond donors (Lipinski definition) is 1. The lowest BCUT2D eigenvalue weighted by Gasteiger charge is -2.13. The van der Waals surface area contributed by atoms with Crippen LogP contribution in [0.25, 0.3) is 5.78 Å². The molecule has 0 bridgehead atoms. The third-order valence-electron chi connectivity index (χ3n) is 5.74. The van der Waals surface area contributed by atoms with Crippen LogP contribution < -0.4 is 5.32 Å². The van der Waals surface area contributed by atoms with E-state index in [1.165, 1.54) is 34.9 Å². The smallest absolute Gasteiger partial charge is 0.325 e. The van der Waals surface area contributed by atoms with Gasteiger partial charge in [0.05, 0.1) is 17.0 Å². The van der Waals surface area contributed by atoms with Gasteiger partial charge in [0.15, 0.2) is 0 Å². The first kappa shape index (κ1) is 24.7. The molecule has 0 aliphatic rings. The first-order chi connectivity index (χ1) is 16.5. The van der Waals surface area contributed by atoms with Gasteiger partial charge >= 0.3 is 6.18 Å². The van der Waals surface area contributed by atoms with Gasteiger partial charge in [0.2, 0.25) is 11.1 Å². The predicted octanol–water partition coefficient (Wildman–Crippen LogP) is 5.70. The van der Waals surface area contributed by atoms with Crippen molar-refractivity contribution in [1.82, 2.24) is 19.6 Å². The summed E-state index contributed by atoms with van der Waals surface area (Å²) in [6.45, 7) is 8.02. The van der Waals surface area contributed by atoms with Crippen molar-refractivity contribution in [2.24, 2.45) is 0 Å². The monoisotopic (exact) mass is 499 g/mol. The van der Waals surface area contributed by atoms with Crippen molar-refractivity contribution in [3.05, 3.63) is 81.7 Å². The van der Waals surface area contributed by atoms with E-state index < -0.39 is 17.6 Å². The van der Waals surface area contributed by atoms with Crippen LogP contribution in [-0.4, -0.2) is 31.2 Å². The summed E-state index contributed by atoms with van der Waals surface area (Å²) >= 11 is 1.04. The molecular weight excluding hydrogens is 475 g/mol. The van der Waals surface area contributed by atoms with Crippen LogP contribution in [0.5, 0.6) is 0 Å². The second kappa shape index (κ2) is 9.69. The van der Waals surface area contributed by atoms with Crippen LogP contribution in [0.15, 0.2) is 47.6 Å². The van der Waals surface area contributed by atoms with Crippen molar-refractivity contribution < 1.29 is 18.0 Å². The van der Waals surface area contributed by atoms with Crippen LogP contribution in [0.1, 0.15) is 39.2 Å². The van der Waals surface area contributed by atoms with Crippen LogP contribution in [0.4, 0.5) is 18.9 Å². The van der Waals surface area contributed by atoms with Crippen molar-refractivity contribution in [1.29, 1.82) is 0 Å². The molecule has 4 rings (SSSR count). The third kappa shape index (κ3) is 5.48. The number of halogens is 3. The number of anilines is 1. The van der Waals surface area contributed by atoms with Gasteiger partial charge in [0.25, 0.3) is 5.78 Å². The Morgan fingerprint density at radius 3 is 2.54 bits per heavy atom. The topological polar surface area (TPSA) is 72.2 Å². The number of nitrogens with zero attached hydrogens (tertiary/aromatic N) is 4. The zero-order valence-electron chi connectivity index (χ0n) is 19.7. The summed E-state index contributed by atoms with van der Waals surface area (Å²) in [5.74, 6) is -0.312. The molecule has 0 aliphatic carbocycles. The Labute approximate surface area is 205 Å². The van der Waals surface area contributed by atoms with Crippen LogP contribution in [0, 0.1) is 27.7 Å². The average Bonchev–Trinajstić information content (AvgIpc) is 3.20.